The van der Waals surface area contributed by atoms with E-state index in [1.165, 1.54) is 7.11 Å². The Bertz CT molecular complexity index is 379. The first-order valence-electron chi connectivity index (χ1n) is 4.27. The van der Waals surface area contributed by atoms with Crippen LogP contribution in [0.1, 0.15) is 10.4 Å². The third-order valence-electron chi connectivity index (χ3n) is 1.94. The maximum Gasteiger partial charge on any atom is 0.252 e. The number of ether oxygens (including phenoxy) is 2. The Kier molecular flexibility index (Phi) is 3.96. The highest BCUT2D eigenvalue weighted by atomic mass is 79.9. The molecule has 0 saturated heterocycles. The molecule has 0 saturated carbocycles. The zero-order valence-electron chi connectivity index (χ0n) is 8.76. The molecule has 0 aliphatic carbocycles. The van der Waals surface area contributed by atoms with Crippen molar-refractivity contribution in [2.75, 3.05) is 21.3 Å². The van der Waals surface area contributed by atoms with Crippen LogP contribution in [-0.4, -0.2) is 27.2 Å². The number of hydrogen-bond donors (Lipinski definition) is 1. The predicted octanol–water partition coefficient (Wildman–Crippen LogP) is 1.83. The van der Waals surface area contributed by atoms with Gasteiger partial charge < -0.3 is 14.8 Å². The van der Waals surface area contributed by atoms with Gasteiger partial charge in [0.05, 0.1) is 19.8 Å². The number of nitrogens with one attached hydrogen (secondary N) is 1. The van der Waals surface area contributed by atoms with Gasteiger partial charge >= 0.3 is 0 Å². The molecule has 0 spiro atoms. The zero-order chi connectivity index (χ0) is 11.4. The molecule has 0 unspecified atom stereocenters. The highest BCUT2D eigenvalue weighted by Gasteiger charge is 2.13. The Morgan fingerprint density at radius 3 is 2.27 bits per heavy atom. The summed E-state index contributed by atoms with van der Waals surface area (Å²) in [5, 5.41) is 2.55. The molecule has 0 fully saturated rings. The molecule has 1 rings (SSSR count). The fourth-order valence-corrected chi connectivity index (χ4v) is 1.67. The molecule has 1 aromatic carbocycles. The van der Waals surface area contributed by atoms with Crippen LogP contribution in [0.25, 0.3) is 0 Å². The molecule has 1 amide bonds. The fourth-order valence-electron chi connectivity index (χ4n) is 1.16. The molecule has 0 atom stereocenters. The van der Waals surface area contributed by atoms with Crippen LogP contribution in [0.2, 0.25) is 0 Å². The predicted molar refractivity (Wildman–Crippen MR) is 60.6 cm³/mol. The van der Waals surface area contributed by atoms with Gasteiger partial charge in [-0.1, -0.05) is 0 Å². The third-order valence-corrected chi connectivity index (χ3v) is 2.60. The summed E-state index contributed by atoms with van der Waals surface area (Å²) < 4.78 is 10.9. The second-order valence-corrected chi connectivity index (χ2v) is 3.62. The first-order valence-corrected chi connectivity index (χ1v) is 5.07. The Hall–Kier alpha value is -1.23. The van der Waals surface area contributed by atoms with Gasteiger partial charge in [0.15, 0.2) is 11.5 Å². The summed E-state index contributed by atoms with van der Waals surface area (Å²) in [5.41, 5.74) is 0.509. The second-order valence-electron chi connectivity index (χ2n) is 2.77. The van der Waals surface area contributed by atoms with Crippen molar-refractivity contribution in [3.05, 3.63) is 22.2 Å². The number of benzene rings is 1. The van der Waals surface area contributed by atoms with Crippen molar-refractivity contribution in [3.63, 3.8) is 0 Å². The molecule has 0 aliphatic rings. The van der Waals surface area contributed by atoms with E-state index in [2.05, 4.69) is 21.2 Å². The van der Waals surface area contributed by atoms with E-state index >= 15 is 0 Å². The van der Waals surface area contributed by atoms with Crippen molar-refractivity contribution in [1.82, 2.24) is 5.32 Å². The van der Waals surface area contributed by atoms with Crippen LogP contribution < -0.4 is 14.8 Å². The SMILES string of the molecule is CNC(=O)c1cc(OC)c(OC)cc1Br. The van der Waals surface area contributed by atoms with Crippen molar-refractivity contribution in [3.8, 4) is 11.5 Å². The lowest BCUT2D eigenvalue weighted by molar-refractivity contribution is 0.0962. The average Bonchev–Trinajstić information content (AvgIpc) is 2.27. The molecule has 1 aromatic rings. The summed E-state index contributed by atoms with van der Waals surface area (Å²) in [6.07, 6.45) is 0. The lowest BCUT2D eigenvalue weighted by atomic mass is 10.2. The van der Waals surface area contributed by atoms with Gasteiger partial charge in [0.25, 0.3) is 5.91 Å². The lowest BCUT2D eigenvalue weighted by Gasteiger charge is -2.10. The van der Waals surface area contributed by atoms with Gasteiger partial charge in [-0.2, -0.15) is 0 Å². The number of amides is 1. The molecule has 4 nitrogen and oxygen atoms in total. The minimum Gasteiger partial charge on any atom is -0.493 e. The zero-order valence-corrected chi connectivity index (χ0v) is 10.3. The molecule has 0 bridgehead atoms. The third kappa shape index (κ3) is 2.41. The van der Waals surface area contributed by atoms with Gasteiger partial charge in [-0.15, -0.1) is 0 Å². The molecule has 5 heteroatoms. The van der Waals surface area contributed by atoms with Crippen LogP contribution in [0.3, 0.4) is 0 Å². The maximum atomic E-state index is 11.5. The van der Waals surface area contributed by atoms with Crippen molar-refractivity contribution in [2.24, 2.45) is 0 Å². The van der Waals surface area contributed by atoms with E-state index in [9.17, 15) is 4.79 Å². The summed E-state index contributed by atoms with van der Waals surface area (Å²) in [6.45, 7) is 0. The number of hydrogen-bond acceptors (Lipinski definition) is 3. The van der Waals surface area contributed by atoms with Gasteiger partial charge in [-0.05, 0) is 28.1 Å². The number of halogens is 1. The van der Waals surface area contributed by atoms with Crippen LogP contribution in [0, 0.1) is 0 Å². The van der Waals surface area contributed by atoms with Crippen LogP contribution in [0.15, 0.2) is 16.6 Å². The van der Waals surface area contributed by atoms with Crippen molar-refractivity contribution < 1.29 is 14.3 Å². The van der Waals surface area contributed by atoms with Crippen LogP contribution >= 0.6 is 15.9 Å². The summed E-state index contributed by atoms with van der Waals surface area (Å²) in [6, 6.07) is 3.32. The quantitative estimate of drug-likeness (QED) is 0.914. The minimum absolute atomic E-state index is 0.178. The van der Waals surface area contributed by atoms with Gasteiger partial charge in [0.1, 0.15) is 0 Å². The molecule has 0 heterocycles. The first-order chi connectivity index (χ1) is 7.13. The second kappa shape index (κ2) is 5.02. The molecule has 82 valence electrons. The lowest BCUT2D eigenvalue weighted by Crippen LogP contribution is -2.18. The van der Waals surface area contributed by atoms with Crippen molar-refractivity contribution in [1.29, 1.82) is 0 Å². The van der Waals surface area contributed by atoms with Gasteiger partial charge in [-0.25, -0.2) is 0 Å². The number of methoxy groups -OCH3 is 2. The van der Waals surface area contributed by atoms with E-state index < -0.39 is 0 Å². The molecule has 1 N–H and O–H groups in total. The van der Waals surface area contributed by atoms with Crippen LogP contribution in [0.4, 0.5) is 0 Å². The number of carbonyl (C=O) groups is 1. The normalized spacial score (nSPS) is 9.60. The average molecular weight is 274 g/mol. The molecular formula is C10H12BrNO3. The van der Waals surface area contributed by atoms with E-state index in [4.69, 9.17) is 9.47 Å². The highest BCUT2D eigenvalue weighted by molar-refractivity contribution is 9.10. The van der Waals surface area contributed by atoms with E-state index in [0.29, 0.717) is 21.5 Å². The Labute approximate surface area is 96.7 Å². The summed E-state index contributed by atoms with van der Waals surface area (Å²) >= 11 is 3.30. The standard InChI is InChI=1S/C10H12BrNO3/c1-12-10(13)6-4-8(14-2)9(15-3)5-7(6)11/h4-5H,1-3H3,(H,12,13). The monoisotopic (exact) mass is 273 g/mol. The van der Waals surface area contributed by atoms with E-state index in [-0.39, 0.29) is 5.91 Å². The van der Waals surface area contributed by atoms with Crippen molar-refractivity contribution >= 4 is 21.8 Å². The molecule has 0 aliphatic heterocycles. The molecule has 0 aromatic heterocycles. The van der Waals surface area contributed by atoms with Gasteiger partial charge in [0.2, 0.25) is 0 Å². The molecule has 0 radical (unpaired) electrons. The topological polar surface area (TPSA) is 47.6 Å². The van der Waals surface area contributed by atoms with Gasteiger partial charge in [0, 0.05) is 11.5 Å². The van der Waals surface area contributed by atoms with Crippen LogP contribution in [-0.2, 0) is 0 Å². The summed E-state index contributed by atoms with van der Waals surface area (Å²) in [7, 11) is 4.65. The Balaban J connectivity index is 3.25. The largest absolute Gasteiger partial charge is 0.493 e. The minimum atomic E-state index is -0.178. The fraction of sp³-hybridized carbons (Fsp3) is 0.300. The van der Waals surface area contributed by atoms with Gasteiger partial charge in [-0.3, -0.25) is 4.79 Å². The number of carbonyl (C=O) groups excluding carboxylic acids is 1. The highest BCUT2D eigenvalue weighted by Crippen LogP contribution is 2.33. The smallest absolute Gasteiger partial charge is 0.252 e. The van der Waals surface area contributed by atoms with E-state index in [1.807, 2.05) is 0 Å². The first kappa shape index (κ1) is 11.8. The van der Waals surface area contributed by atoms with Crippen LogP contribution in [0.5, 0.6) is 11.5 Å². The Morgan fingerprint density at radius 1 is 1.27 bits per heavy atom. The van der Waals surface area contributed by atoms with E-state index in [0.717, 1.165) is 0 Å². The number of rotatable bonds is 3. The summed E-state index contributed by atoms with van der Waals surface area (Å²) in [4.78, 5) is 11.5. The van der Waals surface area contributed by atoms with Crippen molar-refractivity contribution in [2.45, 2.75) is 0 Å². The van der Waals surface area contributed by atoms with E-state index in [1.54, 1.807) is 26.3 Å². The Morgan fingerprint density at radius 2 is 1.80 bits per heavy atom. The molecular weight excluding hydrogens is 262 g/mol. The molecule has 15 heavy (non-hydrogen) atoms. The summed E-state index contributed by atoms with van der Waals surface area (Å²) in [5.74, 6) is 0.930. The maximum absolute atomic E-state index is 11.5.